The van der Waals surface area contributed by atoms with E-state index in [0.29, 0.717) is 11.8 Å². The van der Waals surface area contributed by atoms with E-state index in [2.05, 4.69) is 0 Å². The number of nitro benzene ring substituents is 1. The Morgan fingerprint density at radius 1 is 1.27 bits per heavy atom. The molecule has 33 heavy (non-hydrogen) atoms. The third-order valence-corrected chi connectivity index (χ3v) is 5.41. The minimum Gasteiger partial charge on any atom is -0.467 e. The molecule has 12 heteroatoms. The molecule has 1 fully saturated rings. The van der Waals surface area contributed by atoms with Crippen molar-refractivity contribution in [1.29, 1.82) is 0 Å². The highest BCUT2D eigenvalue weighted by Gasteiger charge is 2.35. The molecule has 9 nitrogen and oxygen atoms in total. The van der Waals surface area contributed by atoms with Crippen molar-refractivity contribution in [3.63, 3.8) is 0 Å². The van der Waals surface area contributed by atoms with E-state index in [1.165, 1.54) is 11.2 Å². The summed E-state index contributed by atoms with van der Waals surface area (Å²) in [5.41, 5.74) is -1.68. The van der Waals surface area contributed by atoms with E-state index in [4.69, 9.17) is 9.15 Å². The van der Waals surface area contributed by atoms with Gasteiger partial charge in [-0.2, -0.15) is 13.2 Å². The number of rotatable bonds is 7. The van der Waals surface area contributed by atoms with Crippen LogP contribution in [0, 0.1) is 16.0 Å². The topological polar surface area (TPSA) is 106 Å². The van der Waals surface area contributed by atoms with Crippen molar-refractivity contribution in [1.82, 2.24) is 4.90 Å². The number of amides is 1. The molecule has 0 unspecified atom stereocenters. The average molecular weight is 469 g/mol. The zero-order valence-corrected chi connectivity index (χ0v) is 17.7. The molecule has 0 saturated carbocycles. The van der Waals surface area contributed by atoms with Crippen LogP contribution in [0.2, 0.25) is 0 Å². The van der Waals surface area contributed by atoms with Crippen molar-refractivity contribution >= 4 is 23.3 Å². The van der Waals surface area contributed by atoms with E-state index in [-0.39, 0.29) is 38.2 Å². The van der Waals surface area contributed by atoms with Crippen LogP contribution in [0.5, 0.6) is 0 Å². The third kappa shape index (κ3) is 6.02. The molecular weight excluding hydrogens is 447 g/mol. The van der Waals surface area contributed by atoms with Crippen LogP contribution in [0.15, 0.2) is 41.0 Å². The van der Waals surface area contributed by atoms with Gasteiger partial charge >= 0.3 is 12.1 Å². The summed E-state index contributed by atoms with van der Waals surface area (Å²) in [6.45, 7) is 0.241. The molecule has 2 heterocycles. The number of anilines is 1. The van der Waals surface area contributed by atoms with E-state index >= 15 is 0 Å². The first kappa shape index (κ1) is 24.1. The quantitative estimate of drug-likeness (QED) is 0.346. The minimum atomic E-state index is -4.69. The van der Waals surface area contributed by atoms with Gasteiger partial charge in [-0.1, -0.05) is 0 Å². The number of hydrogen-bond acceptors (Lipinski definition) is 7. The molecule has 2 aromatic rings. The molecule has 3 rings (SSSR count). The summed E-state index contributed by atoms with van der Waals surface area (Å²) in [7, 11) is 1.55. The van der Waals surface area contributed by atoms with Gasteiger partial charge in [-0.15, -0.1) is 0 Å². The smallest absolute Gasteiger partial charge is 0.416 e. The van der Waals surface area contributed by atoms with E-state index in [0.717, 1.165) is 12.1 Å². The summed E-state index contributed by atoms with van der Waals surface area (Å²) in [4.78, 5) is 37.9. The molecule has 1 aromatic carbocycles. The Balaban J connectivity index is 1.53. The van der Waals surface area contributed by atoms with Gasteiger partial charge in [0.1, 0.15) is 11.4 Å². The third-order valence-electron chi connectivity index (χ3n) is 5.41. The van der Waals surface area contributed by atoms with Crippen molar-refractivity contribution in [3.8, 4) is 0 Å². The van der Waals surface area contributed by atoms with Crippen LogP contribution in [-0.4, -0.2) is 48.4 Å². The van der Waals surface area contributed by atoms with Gasteiger partial charge in [-0.3, -0.25) is 19.7 Å². The summed E-state index contributed by atoms with van der Waals surface area (Å²) >= 11 is 0. The number of halogens is 3. The van der Waals surface area contributed by atoms with Crippen molar-refractivity contribution in [3.05, 3.63) is 58.0 Å². The molecule has 0 atom stereocenters. The number of furan rings is 1. The van der Waals surface area contributed by atoms with Gasteiger partial charge in [0.05, 0.1) is 29.2 Å². The van der Waals surface area contributed by atoms with E-state index in [1.807, 2.05) is 0 Å². The molecular formula is C21H22F3N3O6. The number of benzene rings is 1. The van der Waals surface area contributed by atoms with Crippen molar-refractivity contribution in [2.45, 2.75) is 25.6 Å². The van der Waals surface area contributed by atoms with Gasteiger partial charge in [-0.25, -0.2) is 0 Å². The van der Waals surface area contributed by atoms with Crippen molar-refractivity contribution in [2.24, 2.45) is 5.92 Å². The number of carbonyl (C=O) groups excluding carboxylic acids is 2. The highest BCUT2D eigenvalue weighted by molar-refractivity contribution is 5.81. The zero-order valence-electron chi connectivity index (χ0n) is 17.7. The van der Waals surface area contributed by atoms with Crippen LogP contribution in [0.4, 0.5) is 24.5 Å². The fourth-order valence-electron chi connectivity index (χ4n) is 3.55. The van der Waals surface area contributed by atoms with Gasteiger partial charge in [0.15, 0.2) is 6.61 Å². The second-order valence-electron chi connectivity index (χ2n) is 7.66. The van der Waals surface area contributed by atoms with E-state index < -0.39 is 46.8 Å². The number of likely N-dealkylation sites (N-methyl/N-ethyl adjacent to an activating group) is 1. The molecule has 1 amide bonds. The lowest BCUT2D eigenvalue weighted by atomic mass is 9.96. The van der Waals surface area contributed by atoms with E-state index in [9.17, 15) is 32.9 Å². The largest absolute Gasteiger partial charge is 0.467 e. The van der Waals surface area contributed by atoms with Crippen LogP contribution < -0.4 is 4.90 Å². The summed E-state index contributed by atoms with van der Waals surface area (Å²) < 4.78 is 49.0. The van der Waals surface area contributed by atoms with Gasteiger partial charge in [-0.05, 0) is 37.1 Å². The SMILES string of the molecule is CN(Cc1ccco1)C(=O)COC(=O)C1CCN(c2ccc(C(F)(F)F)cc2[N+](=O)[O-])CC1. The minimum absolute atomic E-state index is 0.0644. The molecule has 0 radical (unpaired) electrons. The maximum atomic E-state index is 12.9. The lowest BCUT2D eigenvalue weighted by molar-refractivity contribution is -0.384. The molecule has 0 aliphatic carbocycles. The second kappa shape index (κ2) is 9.92. The number of alkyl halides is 3. The Morgan fingerprint density at radius 2 is 1.97 bits per heavy atom. The maximum absolute atomic E-state index is 12.9. The summed E-state index contributed by atoms with van der Waals surface area (Å²) in [5, 5.41) is 11.3. The number of hydrogen-bond donors (Lipinski definition) is 0. The van der Waals surface area contributed by atoms with Crippen LogP contribution >= 0.6 is 0 Å². The van der Waals surface area contributed by atoms with Crippen LogP contribution in [0.3, 0.4) is 0 Å². The molecule has 1 aromatic heterocycles. The van der Waals surface area contributed by atoms with Crippen LogP contribution in [0.25, 0.3) is 0 Å². The zero-order chi connectivity index (χ0) is 24.2. The first-order valence-corrected chi connectivity index (χ1v) is 10.1. The van der Waals surface area contributed by atoms with Gasteiger partial charge in [0, 0.05) is 26.2 Å². The fraction of sp³-hybridized carbons (Fsp3) is 0.429. The molecule has 0 bridgehead atoms. The standard InChI is InChI=1S/C21H22F3N3O6/c1-25(12-16-3-2-10-32-16)19(28)13-33-20(29)14-6-8-26(9-7-14)17-5-4-15(21(22,23)24)11-18(17)27(30)31/h2-5,10-11,14H,6-9,12-13H2,1H3. The van der Waals surface area contributed by atoms with Gasteiger partial charge in [0.25, 0.3) is 11.6 Å². The Bertz CT molecular complexity index is 1000. The molecule has 0 N–H and O–H groups in total. The number of carbonyl (C=O) groups is 2. The monoisotopic (exact) mass is 469 g/mol. The Morgan fingerprint density at radius 3 is 2.55 bits per heavy atom. The number of nitrogens with zero attached hydrogens (tertiary/aromatic N) is 3. The number of piperidine rings is 1. The highest BCUT2D eigenvalue weighted by Crippen LogP contribution is 2.37. The first-order chi connectivity index (χ1) is 15.6. The number of ether oxygens (including phenoxy) is 1. The second-order valence-corrected chi connectivity index (χ2v) is 7.66. The Labute approximate surface area is 186 Å². The predicted octanol–water partition coefficient (Wildman–Crippen LogP) is 3.62. The summed E-state index contributed by atoms with van der Waals surface area (Å²) in [5.74, 6) is -0.895. The molecule has 1 aliphatic heterocycles. The Kier molecular flexibility index (Phi) is 7.24. The molecule has 1 aliphatic rings. The summed E-state index contributed by atoms with van der Waals surface area (Å²) in [6, 6.07) is 5.80. The van der Waals surface area contributed by atoms with Crippen molar-refractivity contribution < 1.29 is 36.8 Å². The fourth-order valence-corrected chi connectivity index (χ4v) is 3.55. The average Bonchev–Trinajstić information content (AvgIpc) is 3.29. The predicted molar refractivity (Wildman–Crippen MR) is 109 cm³/mol. The first-order valence-electron chi connectivity index (χ1n) is 10.1. The van der Waals surface area contributed by atoms with Gasteiger partial charge in [0.2, 0.25) is 0 Å². The summed E-state index contributed by atoms with van der Waals surface area (Å²) in [6.07, 6.45) is -2.64. The van der Waals surface area contributed by atoms with Gasteiger partial charge < -0.3 is 19.0 Å². The lowest BCUT2D eigenvalue weighted by Gasteiger charge is -2.32. The maximum Gasteiger partial charge on any atom is 0.416 e. The normalized spacial score (nSPS) is 14.7. The molecule has 178 valence electrons. The molecule has 1 saturated heterocycles. The van der Waals surface area contributed by atoms with Crippen LogP contribution in [0.1, 0.15) is 24.2 Å². The number of nitro groups is 1. The lowest BCUT2D eigenvalue weighted by Crippen LogP contribution is -2.38. The Hall–Kier alpha value is -3.57. The van der Waals surface area contributed by atoms with Crippen molar-refractivity contribution in [2.75, 3.05) is 31.6 Å². The van der Waals surface area contributed by atoms with E-state index in [1.54, 1.807) is 24.1 Å². The number of esters is 1. The molecule has 0 spiro atoms. The van der Waals surface area contributed by atoms with Crippen LogP contribution in [-0.2, 0) is 27.0 Å². The highest BCUT2D eigenvalue weighted by atomic mass is 19.4.